The predicted octanol–water partition coefficient (Wildman–Crippen LogP) is -1.35. The second-order valence-corrected chi connectivity index (χ2v) is 6.80. The van der Waals surface area contributed by atoms with Gasteiger partial charge in [-0.05, 0) is 23.3 Å². The SMILES string of the molecule is CN1C(=O)C(=Cc2ccc(C=C3C(=O)N(C)[NH+]([O-])N(C)C3=O)cc2)C(=O)N(C)C1=O. The van der Waals surface area contributed by atoms with E-state index in [0.29, 0.717) is 11.1 Å². The number of carbonyl (C=O) groups is 5. The van der Waals surface area contributed by atoms with Gasteiger partial charge in [-0.25, -0.2) is 4.79 Å². The number of nitrogens with one attached hydrogen (secondary N) is 1. The minimum atomic E-state index is -0.709. The van der Waals surface area contributed by atoms with E-state index in [2.05, 4.69) is 0 Å². The molecule has 0 atom stereocenters. The molecule has 1 aromatic rings. The van der Waals surface area contributed by atoms with E-state index in [-0.39, 0.29) is 11.1 Å². The van der Waals surface area contributed by atoms with Gasteiger partial charge < -0.3 is 5.21 Å². The van der Waals surface area contributed by atoms with Crippen molar-refractivity contribution in [2.75, 3.05) is 28.2 Å². The predicted molar refractivity (Wildman–Crippen MR) is 103 cm³/mol. The summed E-state index contributed by atoms with van der Waals surface area (Å²) in [6.07, 6.45) is 2.72. The first-order valence-corrected chi connectivity index (χ1v) is 8.78. The fraction of sp³-hybridized carbons (Fsp3) is 0.211. The summed E-state index contributed by atoms with van der Waals surface area (Å²) < 4.78 is 0. The molecule has 0 aliphatic carbocycles. The maximum Gasteiger partial charge on any atom is 0.333 e. The summed E-state index contributed by atoms with van der Waals surface area (Å²) in [5.41, 5.74) is 0.696. The molecule has 11 nitrogen and oxygen atoms in total. The Labute approximate surface area is 171 Å². The lowest BCUT2D eigenvalue weighted by atomic mass is 10.0. The molecule has 2 heterocycles. The van der Waals surface area contributed by atoms with Crippen molar-refractivity contribution in [2.45, 2.75) is 0 Å². The van der Waals surface area contributed by atoms with Crippen LogP contribution in [0.2, 0.25) is 0 Å². The number of carbonyl (C=O) groups excluding carboxylic acids is 5. The van der Waals surface area contributed by atoms with Gasteiger partial charge in [-0.1, -0.05) is 24.3 Å². The highest BCUT2D eigenvalue weighted by molar-refractivity contribution is 6.30. The first-order valence-electron chi connectivity index (χ1n) is 8.78. The van der Waals surface area contributed by atoms with Gasteiger partial charge in [0.2, 0.25) is 0 Å². The number of rotatable bonds is 2. The molecule has 3 rings (SSSR count). The molecule has 0 saturated carbocycles. The maximum atomic E-state index is 12.3. The molecule has 11 heteroatoms. The quantitative estimate of drug-likeness (QED) is 0.363. The van der Waals surface area contributed by atoms with Crippen molar-refractivity contribution in [3.8, 4) is 0 Å². The van der Waals surface area contributed by atoms with Gasteiger partial charge in [0.1, 0.15) is 11.1 Å². The normalized spacial score (nSPS) is 20.4. The van der Waals surface area contributed by atoms with Crippen LogP contribution in [0.25, 0.3) is 12.2 Å². The van der Waals surface area contributed by atoms with Crippen molar-refractivity contribution >= 4 is 41.8 Å². The van der Waals surface area contributed by atoms with Gasteiger partial charge in [-0.2, -0.15) is 15.3 Å². The van der Waals surface area contributed by atoms with E-state index in [0.717, 1.165) is 19.8 Å². The number of hydrogen-bond acceptors (Lipinski definition) is 6. The highest BCUT2D eigenvalue weighted by Gasteiger charge is 2.38. The molecule has 0 spiro atoms. The fourth-order valence-electron chi connectivity index (χ4n) is 2.97. The molecule has 2 aliphatic heterocycles. The van der Waals surface area contributed by atoms with E-state index >= 15 is 0 Å². The topological polar surface area (TPSA) is 126 Å². The Morgan fingerprint density at radius 1 is 0.667 bits per heavy atom. The Kier molecular flexibility index (Phi) is 5.25. The third-order valence-corrected chi connectivity index (χ3v) is 4.85. The first-order chi connectivity index (χ1) is 14.0. The molecule has 2 fully saturated rings. The zero-order valence-corrected chi connectivity index (χ0v) is 16.7. The van der Waals surface area contributed by atoms with Crippen LogP contribution < -0.4 is 5.28 Å². The third-order valence-electron chi connectivity index (χ3n) is 4.85. The smallest absolute Gasteiger partial charge is 0.333 e. The van der Waals surface area contributed by atoms with Gasteiger partial charge in [-0.3, -0.25) is 29.0 Å². The Bertz CT molecular complexity index is 978. The molecule has 0 bridgehead atoms. The lowest BCUT2D eigenvalue weighted by molar-refractivity contribution is -1.05. The molecule has 156 valence electrons. The second kappa shape index (κ2) is 7.54. The molecule has 6 amide bonds. The molecule has 0 unspecified atom stereocenters. The maximum absolute atomic E-state index is 12.3. The van der Waals surface area contributed by atoms with Crippen LogP contribution in [-0.4, -0.2) is 77.7 Å². The number of nitrogens with zero attached hydrogens (tertiary/aromatic N) is 4. The first kappa shape index (κ1) is 20.9. The Morgan fingerprint density at radius 3 is 1.37 bits per heavy atom. The molecule has 2 aliphatic rings. The molecule has 0 aromatic heterocycles. The van der Waals surface area contributed by atoms with E-state index in [9.17, 15) is 29.2 Å². The number of barbiturate groups is 1. The molecule has 1 aromatic carbocycles. The van der Waals surface area contributed by atoms with Crippen LogP contribution in [0.1, 0.15) is 11.1 Å². The van der Waals surface area contributed by atoms with Gasteiger partial charge in [0.25, 0.3) is 11.8 Å². The number of quaternary nitrogens is 1. The van der Waals surface area contributed by atoms with Crippen LogP contribution in [0.3, 0.4) is 0 Å². The van der Waals surface area contributed by atoms with Crippen molar-refractivity contribution in [1.82, 2.24) is 19.8 Å². The van der Waals surface area contributed by atoms with Crippen molar-refractivity contribution in [3.05, 3.63) is 51.7 Å². The van der Waals surface area contributed by atoms with E-state index in [1.165, 1.54) is 40.3 Å². The zero-order valence-electron chi connectivity index (χ0n) is 16.7. The number of imide groups is 2. The van der Waals surface area contributed by atoms with Gasteiger partial charge in [-0.15, -0.1) is 0 Å². The number of urea groups is 1. The monoisotopic (exact) mass is 413 g/mol. The Morgan fingerprint density at radius 2 is 1.00 bits per heavy atom. The van der Waals surface area contributed by atoms with Crippen molar-refractivity contribution in [2.24, 2.45) is 0 Å². The van der Waals surface area contributed by atoms with Gasteiger partial charge in [0.05, 0.1) is 14.1 Å². The van der Waals surface area contributed by atoms with E-state index < -0.39 is 34.9 Å². The van der Waals surface area contributed by atoms with Gasteiger partial charge >= 0.3 is 17.8 Å². The third kappa shape index (κ3) is 3.36. The molecular formula is C19H19N5O6. The van der Waals surface area contributed by atoms with Gasteiger partial charge in [0, 0.05) is 14.1 Å². The molecule has 2 saturated heterocycles. The molecule has 30 heavy (non-hydrogen) atoms. The largest absolute Gasteiger partial charge is 0.582 e. The van der Waals surface area contributed by atoms with E-state index in [1.807, 2.05) is 0 Å². The summed E-state index contributed by atoms with van der Waals surface area (Å²) in [4.78, 5) is 62.5. The number of hydrogen-bond donors (Lipinski definition) is 1. The van der Waals surface area contributed by atoms with Crippen LogP contribution >= 0.6 is 0 Å². The summed E-state index contributed by atoms with van der Waals surface area (Å²) in [5, 5.41) is 12.8. The minimum Gasteiger partial charge on any atom is -0.582 e. The number of benzene rings is 1. The fourth-order valence-corrected chi connectivity index (χ4v) is 2.97. The van der Waals surface area contributed by atoms with Crippen molar-refractivity contribution in [3.63, 3.8) is 0 Å². The van der Waals surface area contributed by atoms with Crippen molar-refractivity contribution < 1.29 is 29.3 Å². The zero-order chi connectivity index (χ0) is 22.3. The highest BCUT2D eigenvalue weighted by atomic mass is 16.6. The van der Waals surface area contributed by atoms with E-state index in [4.69, 9.17) is 0 Å². The van der Waals surface area contributed by atoms with E-state index in [1.54, 1.807) is 24.3 Å². The number of likely N-dealkylation sites (N-methyl/N-ethyl adjacent to an activating group) is 4. The Balaban J connectivity index is 1.89. The lowest BCUT2D eigenvalue weighted by Crippen LogP contribution is -3.21. The van der Waals surface area contributed by atoms with Crippen LogP contribution in [0, 0.1) is 5.21 Å². The van der Waals surface area contributed by atoms with Crippen LogP contribution in [0.5, 0.6) is 0 Å². The summed E-state index contributed by atoms with van der Waals surface area (Å²) in [6.45, 7) is 0. The molecule has 1 N–H and O–H groups in total. The minimum absolute atomic E-state index is 0.162. The van der Waals surface area contributed by atoms with Crippen LogP contribution in [0.15, 0.2) is 35.4 Å². The average Bonchev–Trinajstić information content (AvgIpc) is 2.75. The highest BCUT2D eigenvalue weighted by Crippen LogP contribution is 2.19. The summed E-state index contributed by atoms with van der Waals surface area (Å²) in [6, 6.07) is 5.65. The van der Waals surface area contributed by atoms with Crippen molar-refractivity contribution in [1.29, 1.82) is 0 Å². The molecule has 0 radical (unpaired) electrons. The lowest BCUT2D eigenvalue weighted by Gasteiger charge is -2.39. The second-order valence-electron chi connectivity index (χ2n) is 6.80. The standard InChI is InChI=1S/C19H19N5O6/c1-20-15(25)13(16(26)21(2)19(20)29)9-11-5-7-12(8-6-11)10-14-17(27)22(3)24(30)23(4)18(14)28/h5-10,24H,1-4H3. The van der Waals surface area contributed by atoms with Gasteiger partial charge in [0.15, 0.2) is 0 Å². The van der Waals surface area contributed by atoms with Crippen LogP contribution in [-0.2, 0) is 19.2 Å². The summed E-state index contributed by atoms with van der Waals surface area (Å²) >= 11 is 0. The number of amides is 6. The van der Waals surface area contributed by atoms with Crippen LogP contribution in [0.4, 0.5) is 4.79 Å². The summed E-state index contributed by atoms with van der Waals surface area (Å²) in [7, 11) is 5.14. The molecular weight excluding hydrogens is 394 g/mol. The Hall–Kier alpha value is -3.83. The average molecular weight is 413 g/mol. The summed E-state index contributed by atoms with van der Waals surface area (Å²) in [5.74, 6) is -2.82.